The van der Waals surface area contributed by atoms with Crippen molar-refractivity contribution in [3.05, 3.63) is 48.0 Å². The van der Waals surface area contributed by atoms with E-state index in [2.05, 4.69) is 5.32 Å². The van der Waals surface area contributed by atoms with Crippen molar-refractivity contribution in [3.8, 4) is 0 Å². The molecule has 1 amide bonds. The number of ether oxygens (including phenoxy) is 1. The third kappa shape index (κ3) is 3.23. The molecule has 3 rings (SSSR count). The summed E-state index contributed by atoms with van der Waals surface area (Å²) in [6.45, 7) is 1.35. The highest BCUT2D eigenvalue weighted by Crippen LogP contribution is 2.20. The predicted molar refractivity (Wildman–Crippen MR) is 81.3 cm³/mol. The quantitative estimate of drug-likeness (QED) is 0.908. The minimum Gasteiger partial charge on any atom is -0.388 e. The van der Waals surface area contributed by atoms with Crippen molar-refractivity contribution in [2.75, 3.05) is 19.8 Å². The number of fused-ring (bicyclic) bond motifs is 1. The molecule has 0 bridgehead atoms. The molecule has 2 N–H and O–H groups in total. The maximum Gasteiger partial charge on any atom is 0.251 e. The van der Waals surface area contributed by atoms with E-state index < -0.39 is 5.60 Å². The Labute approximate surface area is 123 Å². The van der Waals surface area contributed by atoms with Gasteiger partial charge in [0.1, 0.15) is 0 Å². The van der Waals surface area contributed by atoms with Gasteiger partial charge in [-0.15, -0.1) is 0 Å². The fourth-order valence-electron chi connectivity index (χ4n) is 2.61. The van der Waals surface area contributed by atoms with Gasteiger partial charge in [0.2, 0.25) is 0 Å². The van der Waals surface area contributed by atoms with Gasteiger partial charge in [-0.25, -0.2) is 0 Å². The van der Waals surface area contributed by atoms with Gasteiger partial charge in [0, 0.05) is 38.2 Å². The highest BCUT2D eigenvalue weighted by molar-refractivity contribution is 5.98. The molecule has 0 spiro atoms. The fourth-order valence-corrected chi connectivity index (χ4v) is 2.61. The molecule has 110 valence electrons. The lowest BCUT2D eigenvalue weighted by atomic mass is 9.94. The van der Waals surface area contributed by atoms with Crippen LogP contribution in [-0.2, 0) is 4.74 Å². The number of carbonyl (C=O) groups excluding carboxylic acids is 1. The van der Waals surface area contributed by atoms with Crippen LogP contribution in [0.15, 0.2) is 42.5 Å². The number of aliphatic hydroxyl groups is 1. The van der Waals surface area contributed by atoms with Crippen molar-refractivity contribution in [1.82, 2.24) is 5.32 Å². The number of carbonyl (C=O) groups is 1. The van der Waals surface area contributed by atoms with Crippen molar-refractivity contribution in [2.45, 2.75) is 18.4 Å². The van der Waals surface area contributed by atoms with Gasteiger partial charge in [0.25, 0.3) is 5.91 Å². The number of benzene rings is 2. The lowest BCUT2D eigenvalue weighted by molar-refractivity contribution is -0.0605. The van der Waals surface area contributed by atoms with Gasteiger partial charge in [0.05, 0.1) is 5.60 Å². The maximum absolute atomic E-state index is 12.2. The molecule has 1 aliphatic rings. The number of hydrogen-bond donors (Lipinski definition) is 2. The van der Waals surface area contributed by atoms with Crippen molar-refractivity contribution >= 4 is 16.7 Å². The number of nitrogens with one attached hydrogen (secondary N) is 1. The van der Waals surface area contributed by atoms with Crippen LogP contribution < -0.4 is 5.32 Å². The van der Waals surface area contributed by atoms with E-state index in [0.29, 0.717) is 31.6 Å². The van der Waals surface area contributed by atoms with Gasteiger partial charge < -0.3 is 15.2 Å². The highest BCUT2D eigenvalue weighted by atomic mass is 16.5. The normalized spacial score (nSPS) is 17.6. The summed E-state index contributed by atoms with van der Waals surface area (Å²) in [5.41, 5.74) is -0.227. The van der Waals surface area contributed by atoms with Crippen LogP contribution in [0.4, 0.5) is 0 Å². The van der Waals surface area contributed by atoms with E-state index in [4.69, 9.17) is 4.74 Å². The largest absolute Gasteiger partial charge is 0.388 e. The molecule has 1 fully saturated rings. The molecule has 0 aromatic heterocycles. The summed E-state index contributed by atoms with van der Waals surface area (Å²) in [6.07, 6.45) is 1.12. The van der Waals surface area contributed by atoms with Gasteiger partial charge >= 0.3 is 0 Å². The Morgan fingerprint density at radius 2 is 1.86 bits per heavy atom. The van der Waals surface area contributed by atoms with Crippen molar-refractivity contribution in [3.63, 3.8) is 0 Å². The topological polar surface area (TPSA) is 58.6 Å². The molecule has 0 unspecified atom stereocenters. The predicted octanol–water partition coefficient (Wildman–Crippen LogP) is 2.11. The second-order valence-corrected chi connectivity index (χ2v) is 5.58. The summed E-state index contributed by atoms with van der Waals surface area (Å²) in [6, 6.07) is 13.6. The second-order valence-electron chi connectivity index (χ2n) is 5.58. The van der Waals surface area contributed by atoms with Gasteiger partial charge in [0.15, 0.2) is 0 Å². The molecule has 2 aromatic rings. The molecule has 1 heterocycles. The first-order valence-electron chi connectivity index (χ1n) is 7.23. The molecule has 4 nitrogen and oxygen atoms in total. The first kappa shape index (κ1) is 14.0. The molecular weight excluding hydrogens is 266 g/mol. The van der Waals surface area contributed by atoms with E-state index in [0.717, 1.165) is 10.8 Å². The Balaban J connectivity index is 1.69. The summed E-state index contributed by atoms with van der Waals surface area (Å²) >= 11 is 0. The standard InChI is InChI=1S/C17H19NO3/c19-16(18-12-17(20)7-9-21-10-8-17)15-6-5-13-3-1-2-4-14(13)11-15/h1-6,11,20H,7-10,12H2,(H,18,19). The van der Waals surface area contributed by atoms with E-state index in [1.807, 2.05) is 42.5 Å². The van der Waals surface area contributed by atoms with Crippen LogP contribution in [-0.4, -0.2) is 36.4 Å². The third-order valence-electron chi connectivity index (χ3n) is 4.01. The Morgan fingerprint density at radius 3 is 2.62 bits per heavy atom. The molecule has 1 aliphatic heterocycles. The van der Waals surface area contributed by atoms with Gasteiger partial charge in [-0.1, -0.05) is 30.3 Å². The average molecular weight is 285 g/mol. The number of hydrogen-bond acceptors (Lipinski definition) is 3. The smallest absolute Gasteiger partial charge is 0.251 e. The lowest BCUT2D eigenvalue weighted by Gasteiger charge is -2.32. The Morgan fingerprint density at radius 1 is 1.14 bits per heavy atom. The monoisotopic (exact) mass is 285 g/mol. The fraction of sp³-hybridized carbons (Fsp3) is 0.353. The molecule has 0 radical (unpaired) electrons. The Bertz CT molecular complexity index is 647. The molecule has 0 aliphatic carbocycles. The van der Waals surface area contributed by atoms with Crippen molar-refractivity contribution < 1.29 is 14.6 Å². The van der Waals surface area contributed by atoms with Crippen molar-refractivity contribution in [2.24, 2.45) is 0 Å². The minimum absolute atomic E-state index is 0.152. The summed E-state index contributed by atoms with van der Waals surface area (Å²) < 4.78 is 5.23. The lowest BCUT2D eigenvalue weighted by Crippen LogP contribution is -2.46. The molecule has 4 heteroatoms. The van der Waals surface area contributed by atoms with Gasteiger partial charge in [-0.3, -0.25) is 4.79 Å². The van der Waals surface area contributed by atoms with Crippen LogP contribution in [0.25, 0.3) is 10.8 Å². The van der Waals surface area contributed by atoms with Crippen LogP contribution in [0.2, 0.25) is 0 Å². The van der Waals surface area contributed by atoms with E-state index in [1.54, 1.807) is 0 Å². The average Bonchev–Trinajstić information content (AvgIpc) is 2.53. The SMILES string of the molecule is O=C(NCC1(O)CCOCC1)c1ccc2ccccc2c1. The maximum atomic E-state index is 12.2. The Kier molecular flexibility index (Phi) is 3.90. The summed E-state index contributed by atoms with van der Waals surface area (Å²) in [5, 5.41) is 15.3. The zero-order valence-corrected chi connectivity index (χ0v) is 11.8. The van der Waals surface area contributed by atoms with Crippen LogP contribution in [0.5, 0.6) is 0 Å². The molecule has 0 saturated carbocycles. The highest BCUT2D eigenvalue weighted by Gasteiger charge is 2.30. The minimum atomic E-state index is -0.843. The second kappa shape index (κ2) is 5.84. The van der Waals surface area contributed by atoms with Crippen LogP contribution in [0.3, 0.4) is 0 Å². The van der Waals surface area contributed by atoms with Crippen LogP contribution in [0.1, 0.15) is 23.2 Å². The number of rotatable bonds is 3. The molecule has 21 heavy (non-hydrogen) atoms. The summed E-state index contributed by atoms with van der Waals surface area (Å²) in [4.78, 5) is 12.2. The summed E-state index contributed by atoms with van der Waals surface area (Å²) in [7, 11) is 0. The zero-order valence-electron chi connectivity index (χ0n) is 11.8. The van der Waals surface area contributed by atoms with Crippen molar-refractivity contribution in [1.29, 1.82) is 0 Å². The first-order chi connectivity index (χ1) is 10.2. The number of amides is 1. The van der Waals surface area contributed by atoms with E-state index in [-0.39, 0.29) is 12.5 Å². The molecule has 0 atom stereocenters. The van der Waals surface area contributed by atoms with E-state index in [1.165, 1.54) is 0 Å². The van der Waals surface area contributed by atoms with Gasteiger partial charge in [-0.05, 0) is 22.9 Å². The molecule has 1 saturated heterocycles. The molecule has 2 aromatic carbocycles. The summed E-state index contributed by atoms with van der Waals surface area (Å²) in [5.74, 6) is -0.152. The van der Waals surface area contributed by atoms with E-state index in [9.17, 15) is 9.90 Å². The molecular formula is C17H19NO3. The first-order valence-corrected chi connectivity index (χ1v) is 7.23. The zero-order chi connectivity index (χ0) is 14.7. The van der Waals surface area contributed by atoms with E-state index >= 15 is 0 Å². The van der Waals surface area contributed by atoms with Crippen LogP contribution >= 0.6 is 0 Å². The third-order valence-corrected chi connectivity index (χ3v) is 4.01. The van der Waals surface area contributed by atoms with Crippen LogP contribution in [0, 0.1) is 0 Å². The Hall–Kier alpha value is -1.91. The van der Waals surface area contributed by atoms with Gasteiger partial charge in [-0.2, -0.15) is 0 Å².